The van der Waals surface area contributed by atoms with Gasteiger partial charge in [-0.3, -0.25) is 10.1 Å². The molecule has 0 amide bonds. The molecule has 0 bridgehead atoms. The number of nitrogens with zero attached hydrogens (tertiary/aromatic N) is 1. The summed E-state index contributed by atoms with van der Waals surface area (Å²) in [5, 5.41) is 10.8. The number of hydrogen-bond donors (Lipinski definition) is 1. The SMILES string of the molecule is COc1ccc([N+](=O)[O-])cc1S(=O)(=O)NCc1cccc(C)c1. The lowest BCUT2D eigenvalue weighted by Crippen LogP contribution is -2.24. The first-order valence-electron chi connectivity index (χ1n) is 6.71. The highest BCUT2D eigenvalue weighted by atomic mass is 32.2. The van der Waals surface area contributed by atoms with Gasteiger partial charge in [0.2, 0.25) is 10.0 Å². The predicted molar refractivity (Wildman–Crippen MR) is 84.9 cm³/mol. The lowest BCUT2D eigenvalue weighted by molar-refractivity contribution is -0.385. The van der Waals surface area contributed by atoms with Gasteiger partial charge in [0.05, 0.1) is 12.0 Å². The van der Waals surface area contributed by atoms with Crippen LogP contribution >= 0.6 is 0 Å². The Kier molecular flexibility index (Phi) is 4.97. The molecule has 0 atom stereocenters. The molecule has 23 heavy (non-hydrogen) atoms. The van der Waals surface area contributed by atoms with Gasteiger partial charge in [-0.25, -0.2) is 13.1 Å². The normalized spacial score (nSPS) is 11.2. The molecule has 0 saturated heterocycles. The van der Waals surface area contributed by atoms with E-state index >= 15 is 0 Å². The third-order valence-corrected chi connectivity index (χ3v) is 4.62. The molecule has 8 heteroatoms. The third kappa shape index (κ3) is 4.05. The number of methoxy groups -OCH3 is 1. The maximum absolute atomic E-state index is 12.4. The molecule has 7 nitrogen and oxygen atoms in total. The summed E-state index contributed by atoms with van der Waals surface area (Å²) in [6.45, 7) is 1.98. The van der Waals surface area contributed by atoms with Gasteiger partial charge in [0.25, 0.3) is 5.69 Å². The van der Waals surface area contributed by atoms with Crippen molar-refractivity contribution >= 4 is 15.7 Å². The standard InChI is InChI=1S/C15H16N2O5S/c1-11-4-3-5-12(8-11)10-16-23(20,21)15-9-13(17(18)19)6-7-14(15)22-2/h3-9,16H,10H2,1-2H3. The fraction of sp³-hybridized carbons (Fsp3) is 0.200. The summed E-state index contributed by atoms with van der Waals surface area (Å²) in [6, 6.07) is 10.8. The van der Waals surface area contributed by atoms with Crippen LogP contribution < -0.4 is 9.46 Å². The Hall–Kier alpha value is -2.45. The maximum atomic E-state index is 12.4. The molecule has 0 spiro atoms. The zero-order chi connectivity index (χ0) is 17.0. The van der Waals surface area contributed by atoms with Crippen LogP contribution in [-0.2, 0) is 16.6 Å². The van der Waals surface area contributed by atoms with E-state index in [-0.39, 0.29) is 22.9 Å². The van der Waals surface area contributed by atoms with E-state index in [2.05, 4.69) is 4.72 Å². The van der Waals surface area contributed by atoms with Crippen LogP contribution in [-0.4, -0.2) is 20.5 Å². The molecule has 0 fully saturated rings. The van der Waals surface area contributed by atoms with Gasteiger partial charge < -0.3 is 4.74 Å². The minimum absolute atomic E-state index is 0.0485. The minimum atomic E-state index is -3.95. The fourth-order valence-corrected chi connectivity index (χ4v) is 3.27. The van der Waals surface area contributed by atoms with E-state index < -0.39 is 14.9 Å². The van der Waals surface area contributed by atoms with Crippen LogP contribution in [0, 0.1) is 17.0 Å². The number of sulfonamides is 1. The zero-order valence-corrected chi connectivity index (χ0v) is 13.5. The number of ether oxygens (including phenoxy) is 1. The molecule has 0 aliphatic rings. The Morgan fingerprint density at radius 3 is 2.57 bits per heavy atom. The van der Waals surface area contributed by atoms with Gasteiger partial charge in [-0.2, -0.15) is 0 Å². The Bertz CT molecular complexity index is 834. The predicted octanol–water partition coefficient (Wildman–Crippen LogP) is 2.39. The van der Waals surface area contributed by atoms with Gasteiger partial charge in [-0.05, 0) is 18.6 Å². The van der Waals surface area contributed by atoms with E-state index in [9.17, 15) is 18.5 Å². The van der Waals surface area contributed by atoms with E-state index in [0.29, 0.717) is 0 Å². The molecule has 1 N–H and O–H groups in total. The number of rotatable bonds is 6. The Labute approximate surface area is 134 Å². The second-order valence-corrected chi connectivity index (χ2v) is 6.64. The monoisotopic (exact) mass is 336 g/mol. The number of nitro groups is 1. The van der Waals surface area contributed by atoms with Gasteiger partial charge in [-0.1, -0.05) is 29.8 Å². The Balaban J connectivity index is 2.31. The van der Waals surface area contributed by atoms with Crippen LogP contribution in [0.5, 0.6) is 5.75 Å². The van der Waals surface area contributed by atoms with Crippen molar-refractivity contribution < 1.29 is 18.1 Å². The molecule has 2 aromatic rings. The molecular weight excluding hydrogens is 320 g/mol. The molecule has 2 rings (SSSR count). The number of aryl methyl sites for hydroxylation is 1. The Morgan fingerprint density at radius 1 is 1.22 bits per heavy atom. The van der Waals surface area contributed by atoms with Gasteiger partial charge in [-0.15, -0.1) is 0 Å². The number of nitrogens with one attached hydrogen (secondary N) is 1. The van der Waals surface area contributed by atoms with E-state index in [1.54, 1.807) is 6.07 Å². The second kappa shape index (κ2) is 6.76. The van der Waals surface area contributed by atoms with Crippen molar-refractivity contribution in [2.45, 2.75) is 18.4 Å². The molecule has 0 aliphatic heterocycles. The average molecular weight is 336 g/mol. The maximum Gasteiger partial charge on any atom is 0.271 e. The number of benzene rings is 2. The van der Waals surface area contributed by atoms with Crippen molar-refractivity contribution in [1.82, 2.24) is 4.72 Å². The molecule has 2 aromatic carbocycles. The van der Waals surface area contributed by atoms with E-state index in [1.165, 1.54) is 19.2 Å². The van der Waals surface area contributed by atoms with Crippen LogP contribution in [0.15, 0.2) is 47.4 Å². The van der Waals surface area contributed by atoms with Crippen LogP contribution in [0.4, 0.5) is 5.69 Å². The van der Waals surface area contributed by atoms with Crippen molar-refractivity contribution in [3.8, 4) is 5.75 Å². The summed E-state index contributed by atoms with van der Waals surface area (Å²) in [4.78, 5) is 9.93. The molecule has 0 aliphatic carbocycles. The van der Waals surface area contributed by atoms with Crippen LogP contribution in [0.2, 0.25) is 0 Å². The zero-order valence-electron chi connectivity index (χ0n) is 12.6. The fourth-order valence-electron chi connectivity index (χ4n) is 2.07. The van der Waals surface area contributed by atoms with E-state index in [0.717, 1.165) is 17.2 Å². The van der Waals surface area contributed by atoms with Crippen molar-refractivity contribution in [3.05, 3.63) is 63.7 Å². The summed E-state index contributed by atoms with van der Waals surface area (Å²) in [6.07, 6.45) is 0. The molecule has 0 saturated carbocycles. The number of nitro benzene ring substituents is 1. The molecule has 0 heterocycles. The highest BCUT2D eigenvalue weighted by Crippen LogP contribution is 2.28. The van der Waals surface area contributed by atoms with E-state index in [4.69, 9.17) is 4.74 Å². The second-order valence-electron chi connectivity index (χ2n) is 4.91. The molecule has 0 unspecified atom stereocenters. The lowest BCUT2D eigenvalue weighted by atomic mass is 10.1. The van der Waals surface area contributed by atoms with E-state index in [1.807, 2.05) is 25.1 Å². The minimum Gasteiger partial charge on any atom is -0.495 e. The molecule has 122 valence electrons. The quantitative estimate of drug-likeness (QED) is 0.645. The summed E-state index contributed by atoms with van der Waals surface area (Å²) in [5.41, 5.74) is 1.48. The summed E-state index contributed by atoms with van der Waals surface area (Å²) >= 11 is 0. The summed E-state index contributed by atoms with van der Waals surface area (Å²) in [5.74, 6) is 0.0485. The van der Waals surface area contributed by atoms with Gasteiger partial charge in [0.1, 0.15) is 10.6 Å². The molecule has 0 radical (unpaired) electrons. The highest BCUT2D eigenvalue weighted by Gasteiger charge is 2.22. The largest absolute Gasteiger partial charge is 0.495 e. The number of hydrogen-bond acceptors (Lipinski definition) is 5. The molecular formula is C15H16N2O5S. The number of non-ortho nitro benzene ring substituents is 1. The van der Waals surface area contributed by atoms with Gasteiger partial charge >= 0.3 is 0 Å². The van der Waals surface area contributed by atoms with Crippen LogP contribution in [0.3, 0.4) is 0 Å². The smallest absolute Gasteiger partial charge is 0.271 e. The first-order chi connectivity index (χ1) is 10.8. The topological polar surface area (TPSA) is 98.5 Å². The molecule has 0 aromatic heterocycles. The summed E-state index contributed by atoms with van der Waals surface area (Å²) in [7, 11) is -2.64. The highest BCUT2D eigenvalue weighted by molar-refractivity contribution is 7.89. The average Bonchev–Trinajstić information content (AvgIpc) is 2.52. The van der Waals surface area contributed by atoms with Gasteiger partial charge in [0, 0.05) is 18.7 Å². The van der Waals surface area contributed by atoms with Crippen molar-refractivity contribution in [2.75, 3.05) is 7.11 Å². The lowest BCUT2D eigenvalue weighted by Gasteiger charge is -2.11. The first kappa shape index (κ1) is 16.9. The van der Waals surface area contributed by atoms with Crippen LogP contribution in [0.1, 0.15) is 11.1 Å². The first-order valence-corrected chi connectivity index (χ1v) is 8.19. The van der Waals surface area contributed by atoms with Crippen LogP contribution in [0.25, 0.3) is 0 Å². The Morgan fingerprint density at radius 2 is 1.96 bits per heavy atom. The van der Waals surface area contributed by atoms with Crippen molar-refractivity contribution in [2.24, 2.45) is 0 Å². The van der Waals surface area contributed by atoms with Crippen molar-refractivity contribution in [3.63, 3.8) is 0 Å². The summed E-state index contributed by atoms with van der Waals surface area (Å²) < 4.78 is 32.3. The third-order valence-electron chi connectivity index (χ3n) is 3.20. The van der Waals surface area contributed by atoms with Gasteiger partial charge in [0.15, 0.2) is 0 Å². The van der Waals surface area contributed by atoms with Crippen molar-refractivity contribution in [1.29, 1.82) is 0 Å².